The Labute approximate surface area is 133 Å². The normalized spacial score (nSPS) is 12.2. The molecule has 0 radical (unpaired) electrons. The summed E-state index contributed by atoms with van der Waals surface area (Å²) in [5.74, 6) is -2.09. The van der Waals surface area contributed by atoms with E-state index in [1.54, 1.807) is 0 Å². The second-order valence-electron chi connectivity index (χ2n) is 3.79. The molecule has 0 fully saturated rings. The topological polar surface area (TPSA) is 48.4 Å². The highest BCUT2D eigenvalue weighted by Crippen LogP contribution is 2.39. The van der Waals surface area contributed by atoms with Gasteiger partial charge in [0, 0.05) is 6.20 Å². The van der Waals surface area contributed by atoms with Crippen LogP contribution in [0.1, 0.15) is 18.2 Å². The van der Waals surface area contributed by atoms with Gasteiger partial charge >= 0.3 is 18.5 Å². The van der Waals surface area contributed by atoms with Gasteiger partial charge in [0.2, 0.25) is 0 Å². The lowest BCUT2D eigenvalue weighted by atomic mass is 10.2. The highest BCUT2D eigenvalue weighted by molar-refractivity contribution is 14.1. The second-order valence-corrected chi connectivity index (χ2v) is 4.87. The Morgan fingerprint density at radius 1 is 1.27 bits per heavy atom. The van der Waals surface area contributed by atoms with Gasteiger partial charge in [-0.15, -0.1) is 13.2 Å². The Kier molecular flexibility index (Phi) is 5.87. The Bertz CT molecular complexity index is 558. The Morgan fingerprint density at radius 2 is 1.86 bits per heavy atom. The van der Waals surface area contributed by atoms with Crippen LogP contribution in [0.2, 0.25) is 0 Å². The van der Waals surface area contributed by atoms with Gasteiger partial charge in [-0.3, -0.25) is 9.78 Å². The maximum absolute atomic E-state index is 12.7. The minimum Gasteiger partial charge on any atom is -0.466 e. The first-order valence-electron chi connectivity index (χ1n) is 5.61. The van der Waals surface area contributed by atoms with Crippen LogP contribution in [0.15, 0.2) is 6.20 Å². The Hall–Kier alpha value is -1.27. The highest BCUT2D eigenvalue weighted by atomic mass is 127. The molecule has 0 aromatic carbocycles. The number of aromatic nitrogens is 1. The molecule has 0 unspecified atom stereocenters. The summed E-state index contributed by atoms with van der Waals surface area (Å²) in [7, 11) is 0. The fourth-order valence-corrected chi connectivity index (χ4v) is 2.26. The average Bonchev–Trinajstić information content (AvgIpc) is 2.31. The number of carbonyl (C=O) groups is 1. The van der Waals surface area contributed by atoms with Crippen molar-refractivity contribution in [3.63, 3.8) is 0 Å². The summed E-state index contributed by atoms with van der Waals surface area (Å²) >= 11 is 1.06. The van der Waals surface area contributed by atoms with E-state index < -0.39 is 45.5 Å². The summed E-state index contributed by atoms with van der Waals surface area (Å²) in [6.45, 7) is 1.43. The lowest BCUT2D eigenvalue weighted by molar-refractivity contribution is -0.275. The number of carbonyl (C=O) groups excluding carboxylic acids is 1. The van der Waals surface area contributed by atoms with Gasteiger partial charge in [0.1, 0.15) is 0 Å². The number of alkyl halides is 6. The quantitative estimate of drug-likeness (QED) is 0.405. The minimum absolute atomic E-state index is 0.0357. The van der Waals surface area contributed by atoms with Crippen LogP contribution in [0, 0.1) is 3.57 Å². The van der Waals surface area contributed by atoms with Gasteiger partial charge in [0.25, 0.3) is 0 Å². The molecular formula is C11H8F6INO3. The molecule has 11 heteroatoms. The molecule has 0 saturated heterocycles. The summed E-state index contributed by atoms with van der Waals surface area (Å²) < 4.78 is 82.5. The van der Waals surface area contributed by atoms with Crippen LogP contribution in [0.25, 0.3) is 0 Å². The molecule has 4 nitrogen and oxygen atoms in total. The maximum atomic E-state index is 12.7. The summed E-state index contributed by atoms with van der Waals surface area (Å²) in [5.41, 5.74) is -1.98. The summed E-state index contributed by atoms with van der Waals surface area (Å²) in [5, 5.41) is 0. The zero-order valence-electron chi connectivity index (χ0n) is 10.8. The molecule has 0 aliphatic rings. The number of nitrogens with zero attached hydrogens (tertiary/aromatic N) is 1. The monoisotopic (exact) mass is 443 g/mol. The molecule has 0 N–H and O–H groups in total. The first-order valence-corrected chi connectivity index (χ1v) is 6.69. The lowest BCUT2D eigenvalue weighted by Crippen LogP contribution is -2.22. The smallest absolute Gasteiger partial charge is 0.466 e. The van der Waals surface area contributed by atoms with Crippen molar-refractivity contribution in [3.05, 3.63) is 21.0 Å². The first-order chi connectivity index (χ1) is 9.95. The van der Waals surface area contributed by atoms with E-state index in [4.69, 9.17) is 0 Å². The highest BCUT2D eigenvalue weighted by Gasteiger charge is 2.39. The van der Waals surface area contributed by atoms with Gasteiger partial charge < -0.3 is 9.47 Å². The molecule has 124 valence electrons. The van der Waals surface area contributed by atoms with E-state index in [-0.39, 0.29) is 6.61 Å². The molecule has 0 aliphatic heterocycles. The van der Waals surface area contributed by atoms with E-state index >= 15 is 0 Å². The van der Waals surface area contributed by atoms with Crippen molar-refractivity contribution in [1.29, 1.82) is 0 Å². The van der Waals surface area contributed by atoms with Gasteiger partial charge in [0.15, 0.2) is 5.75 Å². The van der Waals surface area contributed by atoms with Gasteiger partial charge in [-0.1, -0.05) is 0 Å². The standard InChI is InChI=1S/C11H8F6INO3/c1-2-21-7(20)3-6-9(22-11(15,16)17)8(18)5(4-19-6)10(12,13)14/h4H,2-3H2,1H3. The van der Waals surface area contributed by atoms with Crippen molar-refractivity contribution in [1.82, 2.24) is 4.98 Å². The largest absolute Gasteiger partial charge is 0.573 e. The zero-order chi connectivity index (χ0) is 17.1. The van der Waals surface area contributed by atoms with Crippen LogP contribution in [-0.2, 0) is 22.1 Å². The van der Waals surface area contributed by atoms with Crippen molar-refractivity contribution in [2.24, 2.45) is 0 Å². The van der Waals surface area contributed by atoms with Crippen molar-refractivity contribution in [3.8, 4) is 5.75 Å². The third-order valence-corrected chi connectivity index (χ3v) is 3.26. The summed E-state index contributed by atoms with van der Waals surface area (Å²) in [4.78, 5) is 14.6. The average molecular weight is 443 g/mol. The van der Waals surface area contributed by atoms with E-state index in [1.807, 2.05) is 0 Å². The predicted molar refractivity (Wildman–Crippen MR) is 69.0 cm³/mol. The van der Waals surface area contributed by atoms with Crippen LogP contribution in [0.5, 0.6) is 5.75 Å². The van der Waals surface area contributed by atoms with E-state index in [0.29, 0.717) is 6.20 Å². The molecular weight excluding hydrogens is 435 g/mol. The predicted octanol–water partition coefficient (Wildman–Crippen LogP) is 3.71. The number of ether oxygens (including phenoxy) is 2. The maximum Gasteiger partial charge on any atom is 0.573 e. The van der Waals surface area contributed by atoms with Gasteiger partial charge in [-0.05, 0) is 29.5 Å². The second kappa shape index (κ2) is 6.87. The number of pyridine rings is 1. The molecule has 0 aliphatic carbocycles. The SMILES string of the molecule is CCOC(=O)Cc1ncc(C(F)(F)F)c(I)c1OC(F)(F)F. The molecule has 22 heavy (non-hydrogen) atoms. The molecule has 0 bridgehead atoms. The lowest BCUT2D eigenvalue weighted by Gasteiger charge is -2.17. The summed E-state index contributed by atoms with van der Waals surface area (Å²) in [6, 6.07) is 0. The molecule has 0 amide bonds. The molecule has 1 rings (SSSR count). The Balaban J connectivity index is 3.32. The number of rotatable bonds is 4. The van der Waals surface area contributed by atoms with E-state index in [9.17, 15) is 31.1 Å². The van der Waals surface area contributed by atoms with Gasteiger partial charge in [0.05, 0.1) is 27.9 Å². The van der Waals surface area contributed by atoms with Crippen LogP contribution >= 0.6 is 22.6 Å². The molecule has 0 saturated carbocycles. The Morgan fingerprint density at radius 3 is 2.32 bits per heavy atom. The van der Waals surface area contributed by atoms with Crippen molar-refractivity contribution in [2.45, 2.75) is 25.9 Å². The van der Waals surface area contributed by atoms with Crippen molar-refractivity contribution >= 4 is 28.6 Å². The molecule has 0 spiro atoms. The fraction of sp³-hybridized carbons (Fsp3) is 0.455. The number of halogens is 7. The fourth-order valence-electron chi connectivity index (χ4n) is 1.40. The summed E-state index contributed by atoms with van der Waals surface area (Å²) in [6.07, 6.45) is -10.5. The van der Waals surface area contributed by atoms with Crippen LogP contribution < -0.4 is 4.74 Å². The van der Waals surface area contributed by atoms with Crippen LogP contribution in [-0.4, -0.2) is 23.9 Å². The van der Waals surface area contributed by atoms with Crippen LogP contribution in [0.3, 0.4) is 0 Å². The van der Waals surface area contributed by atoms with E-state index in [0.717, 1.165) is 22.6 Å². The molecule has 1 aromatic heterocycles. The van der Waals surface area contributed by atoms with Crippen molar-refractivity contribution < 1.29 is 40.6 Å². The minimum atomic E-state index is -5.23. The van der Waals surface area contributed by atoms with Gasteiger partial charge in [-0.25, -0.2) is 0 Å². The number of esters is 1. The first kappa shape index (κ1) is 18.8. The van der Waals surface area contributed by atoms with Crippen molar-refractivity contribution in [2.75, 3.05) is 6.61 Å². The van der Waals surface area contributed by atoms with E-state index in [1.165, 1.54) is 6.92 Å². The number of hydrogen-bond acceptors (Lipinski definition) is 4. The van der Waals surface area contributed by atoms with Crippen LogP contribution in [0.4, 0.5) is 26.3 Å². The van der Waals surface area contributed by atoms with E-state index in [2.05, 4.69) is 14.5 Å². The third-order valence-electron chi connectivity index (χ3n) is 2.19. The molecule has 1 aromatic rings. The van der Waals surface area contributed by atoms with Gasteiger partial charge in [-0.2, -0.15) is 13.2 Å². The number of hydrogen-bond donors (Lipinski definition) is 0. The molecule has 0 atom stereocenters. The zero-order valence-corrected chi connectivity index (χ0v) is 13.0. The third kappa shape index (κ3) is 5.18. The molecule has 1 heterocycles.